The molecule has 0 radical (unpaired) electrons. The molecule has 2 N–H and O–H groups in total. The van der Waals surface area contributed by atoms with Crippen LogP contribution in [0.25, 0.3) is 0 Å². The van der Waals surface area contributed by atoms with E-state index in [4.69, 9.17) is 11.2 Å². The number of hydrogen-bond donors (Lipinski definition) is 2. The van der Waals surface area contributed by atoms with E-state index in [0.29, 0.717) is 18.7 Å². The van der Waals surface area contributed by atoms with E-state index < -0.39 is 12.2 Å². The molecule has 124 valence electrons. The Bertz CT molecular complexity index is 541. The van der Waals surface area contributed by atoms with Crippen molar-refractivity contribution >= 4 is 11.6 Å². The van der Waals surface area contributed by atoms with Gasteiger partial charge in [-0.05, 0) is 38.4 Å². The van der Waals surface area contributed by atoms with Crippen molar-refractivity contribution in [2.24, 2.45) is 0 Å². The SMILES string of the molecule is C#CCN(C)CC[C@H]1CC[C@H](O)[C@@H](C(=O)Nc2ccccc2)O1. The van der Waals surface area contributed by atoms with Crippen molar-refractivity contribution in [2.75, 3.05) is 25.5 Å². The fraction of sp³-hybridized carbons (Fsp3) is 0.500. The number of anilines is 1. The minimum atomic E-state index is -0.827. The van der Waals surface area contributed by atoms with Gasteiger partial charge in [-0.15, -0.1) is 6.42 Å². The van der Waals surface area contributed by atoms with Gasteiger partial charge in [0.2, 0.25) is 0 Å². The number of carbonyl (C=O) groups is 1. The first kappa shape index (κ1) is 17.5. The maximum atomic E-state index is 12.3. The maximum Gasteiger partial charge on any atom is 0.256 e. The molecule has 0 spiro atoms. The molecule has 0 aliphatic carbocycles. The van der Waals surface area contributed by atoms with Gasteiger partial charge in [0.15, 0.2) is 6.10 Å². The smallest absolute Gasteiger partial charge is 0.256 e. The van der Waals surface area contributed by atoms with Crippen molar-refractivity contribution in [1.29, 1.82) is 0 Å². The lowest BCUT2D eigenvalue weighted by molar-refractivity contribution is -0.153. The number of carbonyl (C=O) groups excluding carboxylic acids is 1. The molecule has 1 aliphatic rings. The average Bonchev–Trinajstić information content (AvgIpc) is 2.55. The van der Waals surface area contributed by atoms with Gasteiger partial charge < -0.3 is 15.2 Å². The minimum Gasteiger partial charge on any atom is -0.390 e. The number of benzene rings is 1. The highest BCUT2D eigenvalue weighted by Gasteiger charge is 2.35. The van der Waals surface area contributed by atoms with Gasteiger partial charge >= 0.3 is 0 Å². The Balaban J connectivity index is 1.87. The van der Waals surface area contributed by atoms with Crippen LogP contribution >= 0.6 is 0 Å². The third-order valence-corrected chi connectivity index (χ3v) is 3.97. The standard InChI is InChI=1S/C18H24N2O3/c1-3-12-20(2)13-11-15-9-10-16(21)17(23-15)18(22)19-14-7-5-4-6-8-14/h1,4-8,15-17,21H,9-13H2,2H3,(H,19,22)/t15-,16+,17+/m1/s1. The lowest BCUT2D eigenvalue weighted by Gasteiger charge is -2.33. The van der Waals surface area contributed by atoms with Gasteiger partial charge in [0.05, 0.1) is 18.8 Å². The number of aliphatic hydroxyl groups is 1. The van der Waals surface area contributed by atoms with E-state index in [1.165, 1.54) is 0 Å². The zero-order chi connectivity index (χ0) is 16.7. The first-order valence-electron chi connectivity index (χ1n) is 7.91. The number of nitrogens with zero attached hydrogens (tertiary/aromatic N) is 1. The number of ether oxygens (including phenoxy) is 1. The molecular weight excluding hydrogens is 292 g/mol. The predicted molar refractivity (Wildman–Crippen MR) is 89.9 cm³/mol. The van der Waals surface area contributed by atoms with Gasteiger partial charge in [-0.3, -0.25) is 9.69 Å². The summed E-state index contributed by atoms with van der Waals surface area (Å²) in [5, 5.41) is 12.9. The fourth-order valence-corrected chi connectivity index (χ4v) is 2.66. The number of amides is 1. The Hall–Kier alpha value is -1.87. The van der Waals surface area contributed by atoms with Gasteiger partial charge in [-0.25, -0.2) is 0 Å². The van der Waals surface area contributed by atoms with Gasteiger partial charge in [0, 0.05) is 12.2 Å². The summed E-state index contributed by atoms with van der Waals surface area (Å²) in [6, 6.07) is 9.18. The lowest BCUT2D eigenvalue weighted by atomic mass is 9.98. The molecule has 1 amide bonds. The highest BCUT2D eigenvalue weighted by Crippen LogP contribution is 2.23. The van der Waals surface area contributed by atoms with Crippen LogP contribution in [0.5, 0.6) is 0 Å². The summed E-state index contributed by atoms with van der Waals surface area (Å²) >= 11 is 0. The number of rotatable bonds is 6. The van der Waals surface area contributed by atoms with E-state index in [1.54, 1.807) is 12.1 Å². The second-order valence-corrected chi connectivity index (χ2v) is 5.91. The zero-order valence-corrected chi connectivity index (χ0v) is 13.4. The molecule has 1 heterocycles. The second-order valence-electron chi connectivity index (χ2n) is 5.91. The van der Waals surface area contributed by atoms with Crippen LogP contribution in [0.4, 0.5) is 5.69 Å². The third kappa shape index (κ3) is 5.36. The van der Waals surface area contributed by atoms with Crippen molar-refractivity contribution in [1.82, 2.24) is 4.90 Å². The van der Waals surface area contributed by atoms with Gasteiger partial charge in [-0.1, -0.05) is 24.1 Å². The predicted octanol–water partition coefficient (Wildman–Crippen LogP) is 1.49. The van der Waals surface area contributed by atoms with Crippen LogP contribution in [0.2, 0.25) is 0 Å². The number of para-hydroxylation sites is 1. The fourth-order valence-electron chi connectivity index (χ4n) is 2.66. The maximum absolute atomic E-state index is 12.3. The van der Waals surface area contributed by atoms with Crippen LogP contribution in [0, 0.1) is 12.3 Å². The highest BCUT2D eigenvalue weighted by molar-refractivity contribution is 5.94. The lowest BCUT2D eigenvalue weighted by Crippen LogP contribution is -2.47. The van der Waals surface area contributed by atoms with E-state index in [9.17, 15) is 9.90 Å². The summed E-state index contributed by atoms with van der Waals surface area (Å²) in [5.41, 5.74) is 0.698. The molecule has 1 aromatic rings. The molecule has 1 aliphatic heterocycles. The molecule has 1 fully saturated rings. The minimum absolute atomic E-state index is 0.0369. The second kappa shape index (κ2) is 8.68. The molecule has 0 bridgehead atoms. The first-order valence-corrected chi connectivity index (χ1v) is 7.91. The van der Waals surface area contributed by atoms with Crippen LogP contribution in [-0.4, -0.2) is 54.4 Å². The van der Waals surface area contributed by atoms with Gasteiger partial charge in [0.1, 0.15) is 0 Å². The van der Waals surface area contributed by atoms with Crippen LogP contribution in [0.15, 0.2) is 30.3 Å². The molecular formula is C18H24N2O3. The number of aliphatic hydroxyl groups excluding tert-OH is 1. The van der Waals surface area contributed by atoms with E-state index in [-0.39, 0.29) is 12.0 Å². The van der Waals surface area contributed by atoms with E-state index in [2.05, 4.69) is 11.2 Å². The van der Waals surface area contributed by atoms with Crippen molar-refractivity contribution in [2.45, 2.75) is 37.6 Å². The summed E-state index contributed by atoms with van der Waals surface area (Å²) in [4.78, 5) is 14.4. The van der Waals surface area contributed by atoms with Crippen molar-refractivity contribution in [3.05, 3.63) is 30.3 Å². The molecule has 5 nitrogen and oxygen atoms in total. The largest absolute Gasteiger partial charge is 0.390 e. The number of nitrogens with one attached hydrogen (secondary N) is 1. The van der Waals surface area contributed by atoms with E-state index in [0.717, 1.165) is 19.4 Å². The van der Waals surface area contributed by atoms with Crippen LogP contribution < -0.4 is 5.32 Å². The summed E-state index contributed by atoms with van der Waals surface area (Å²) in [6.45, 7) is 1.39. The quantitative estimate of drug-likeness (QED) is 0.781. The average molecular weight is 316 g/mol. The molecule has 1 saturated heterocycles. The van der Waals surface area contributed by atoms with Crippen molar-refractivity contribution < 1.29 is 14.6 Å². The molecule has 3 atom stereocenters. The Morgan fingerprint density at radius 3 is 2.87 bits per heavy atom. The highest BCUT2D eigenvalue weighted by atomic mass is 16.5. The van der Waals surface area contributed by atoms with Crippen molar-refractivity contribution in [3.8, 4) is 12.3 Å². The first-order chi connectivity index (χ1) is 11.1. The Morgan fingerprint density at radius 1 is 1.43 bits per heavy atom. The van der Waals surface area contributed by atoms with E-state index in [1.807, 2.05) is 30.1 Å². The normalized spacial score (nSPS) is 24.2. The molecule has 5 heteroatoms. The topological polar surface area (TPSA) is 61.8 Å². The Morgan fingerprint density at radius 2 is 2.17 bits per heavy atom. The van der Waals surface area contributed by atoms with E-state index >= 15 is 0 Å². The molecule has 1 aromatic carbocycles. The number of terminal acetylenes is 1. The molecule has 0 saturated carbocycles. The Kier molecular flexibility index (Phi) is 6.60. The van der Waals surface area contributed by atoms with Crippen LogP contribution in [0.1, 0.15) is 19.3 Å². The van der Waals surface area contributed by atoms with Crippen molar-refractivity contribution in [3.63, 3.8) is 0 Å². The summed E-state index contributed by atoms with van der Waals surface area (Å²) < 4.78 is 5.82. The summed E-state index contributed by atoms with van der Waals surface area (Å²) in [5.74, 6) is 2.30. The molecule has 0 unspecified atom stereocenters. The van der Waals surface area contributed by atoms with Gasteiger partial charge in [-0.2, -0.15) is 0 Å². The van der Waals surface area contributed by atoms with Crippen LogP contribution in [0.3, 0.4) is 0 Å². The Labute approximate surface area is 137 Å². The molecule has 23 heavy (non-hydrogen) atoms. The number of hydrogen-bond acceptors (Lipinski definition) is 4. The molecule has 0 aromatic heterocycles. The monoisotopic (exact) mass is 316 g/mol. The summed E-state index contributed by atoms with van der Waals surface area (Å²) in [7, 11) is 1.96. The van der Waals surface area contributed by atoms with Gasteiger partial charge in [0.25, 0.3) is 5.91 Å². The zero-order valence-electron chi connectivity index (χ0n) is 13.4. The van der Waals surface area contributed by atoms with Crippen LogP contribution in [-0.2, 0) is 9.53 Å². The summed E-state index contributed by atoms with van der Waals surface area (Å²) in [6.07, 6.45) is 5.76. The molecule has 2 rings (SSSR count). The third-order valence-electron chi connectivity index (χ3n) is 3.97.